The zero-order valence-electron chi connectivity index (χ0n) is 12.7. The minimum Gasteiger partial charge on any atom is -0.550 e. The first kappa shape index (κ1) is 17.6. The molecule has 0 aliphatic carbocycles. The lowest BCUT2D eigenvalue weighted by molar-refractivity contribution is -0.884. The zero-order valence-corrected chi connectivity index (χ0v) is 12.7. The van der Waals surface area contributed by atoms with Crippen LogP contribution in [-0.2, 0) is 11.3 Å². The molecule has 0 spiro atoms. The number of benzene rings is 1. The Morgan fingerprint density at radius 2 is 1.68 bits per heavy atom. The first-order chi connectivity index (χ1) is 8.85. The molecule has 1 aromatic carbocycles. The molecule has 0 heterocycles. The van der Waals surface area contributed by atoms with Gasteiger partial charge in [-0.1, -0.05) is 50.1 Å². The maximum atomic E-state index is 9.76. The van der Waals surface area contributed by atoms with Gasteiger partial charge in [-0.05, 0) is 12.8 Å². The summed E-state index contributed by atoms with van der Waals surface area (Å²) in [7, 11) is 6.60. The molecule has 3 nitrogen and oxygen atoms in total. The molecule has 0 saturated heterocycles. The standard InChI is InChI=1S/C10H16N.C6H12O2/c1-11(2,3)9-10-7-5-4-6-8-10;1-2-3-4-5-6(7)8/h4-8H,9H2,1-3H3;2-5H2,1H3,(H,7,8)/q+1;/p-1. The van der Waals surface area contributed by atoms with Gasteiger partial charge in [0.05, 0.1) is 21.1 Å². The van der Waals surface area contributed by atoms with Crippen LogP contribution in [0.15, 0.2) is 30.3 Å². The SMILES string of the molecule is CCCCCC(=O)[O-].C[N+](C)(C)Cc1ccccc1. The van der Waals surface area contributed by atoms with Crippen LogP contribution in [0.2, 0.25) is 0 Å². The van der Waals surface area contributed by atoms with Crippen molar-refractivity contribution in [3.63, 3.8) is 0 Å². The second kappa shape index (κ2) is 9.56. The summed E-state index contributed by atoms with van der Waals surface area (Å²) in [5.41, 5.74) is 1.40. The van der Waals surface area contributed by atoms with Gasteiger partial charge in [0.2, 0.25) is 0 Å². The summed E-state index contributed by atoms with van der Waals surface area (Å²) >= 11 is 0. The van der Waals surface area contributed by atoms with Gasteiger partial charge in [-0.15, -0.1) is 0 Å². The summed E-state index contributed by atoms with van der Waals surface area (Å²) in [5, 5.41) is 9.76. The van der Waals surface area contributed by atoms with E-state index in [4.69, 9.17) is 0 Å². The number of unbranched alkanes of at least 4 members (excludes halogenated alkanes) is 2. The molecule has 108 valence electrons. The Bertz CT molecular complexity index is 342. The Balaban J connectivity index is 0.000000362. The first-order valence-corrected chi connectivity index (χ1v) is 6.89. The summed E-state index contributed by atoms with van der Waals surface area (Å²) in [6.45, 7) is 3.14. The molecule has 0 aliphatic rings. The second-order valence-electron chi connectivity index (χ2n) is 5.76. The van der Waals surface area contributed by atoms with Crippen LogP contribution in [0.5, 0.6) is 0 Å². The fourth-order valence-corrected chi connectivity index (χ4v) is 1.65. The molecule has 0 atom stereocenters. The molecule has 1 aromatic rings. The highest BCUT2D eigenvalue weighted by Gasteiger charge is 2.06. The molecule has 0 aromatic heterocycles. The van der Waals surface area contributed by atoms with Crippen LogP contribution in [0.1, 0.15) is 38.2 Å². The fourth-order valence-electron chi connectivity index (χ4n) is 1.65. The van der Waals surface area contributed by atoms with Crippen molar-refractivity contribution < 1.29 is 14.4 Å². The number of carboxylic acids is 1. The van der Waals surface area contributed by atoms with Gasteiger partial charge >= 0.3 is 0 Å². The minimum atomic E-state index is -0.932. The van der Waals surface area contributed by atoms with Gasteiger partial charge in [0.15, 0.2) is 0 Å². The van der Waals surface area contributed by atoms with Crippen LogP contribution < -0.4 is 5.11 Å². The van der Waals surface area contributed by atoms with E-state index in [1.165, 1.54) is 5.56 Å². The topological polar surface area (TPSA) is 40.1 Å². The Morgan fingerprint density at radius 1 is 1.11 bits per heavy atom. The van der Waals surface area contributed by atoms with Crippen molar-refractivity contribution in [1.29, 1.82) is 0 Å². The maximum absolute atomic E-state index is 9.76. The number of nitrogens with zero attached hydrogens (tertiary/aromatic N) is 1. The summed E-state index contributed by atoms with van der Waals surface area (Å²) in [6.07, 6.45) is 3.04. The predicted octanol–water partition coefficient (Wildman–Crippen LogP) is 2.21. The maximum Gasteiger partial charge on any atom is 0.104 e. The molecule has 0 fully saturated rings. The first-order valence-electron chi connectivity index (χ1n) is 6.89. The van der Waals surface area contributed by atoms with Crippen molar-refractivity contribution in [2.75, 3.05) is 21.1 Å². The van der Waals surface area contributed by atoms with E-state index < -0.39 is 5.97 Å². The van der Waals surface area contributed by atoms with Crippen molar-refractivity contribution >= 4 is 5.97 Å². The average molecular weight is 265 g/mol. The molecule has 0 unspecified atom stereocenters. The summed E-state index contributed by atoms with van der Waals surface area (Å²) < 4.78 is 0.990. The molecule has 3 heteroatoms. The highest BCUT2D eigenvalue weighted by atomic mass is 16.4. The number of hydrogen-bond donors (Lipinski definition) is 0. The molecule has 19 heavy (non-hydrogen) atoms. The van der Waals surface area contributed by atoms with Crippen molar-refractivity contribution in [2.45, 2.75) is 39.2 Å². The Labute approximate surface area is 117 Å². The van der Waals surface area contributed by atoms with E-state index >= 15 is 0 Å². The number of carbonyl (C=O) groups is 1. The summed E-state index contributed by atoms with van der Waals surface area (Å²) in [6, 6.07) is 10.6. The molecular formula is C16H27NO2. The van der Waals surface area contributed by atoms with E-state index in [1.54, 1.807) is 0 Å². The number of aliphatic carboxylic acids is 1. The molecular weight excluding hydrogens is 238 g/mol. The van der Waals surface area contributed by atoms with Crippen molar-refractivity contribution in [3.05, 3.63) is 35.9 Å². The average Bonchev–Trinajstić information content (AvgIpc) is 2.29. The lowest BCUT2D eigenvalue weighted by Gasteiger charge is -2.23. The lowest BCUT2D eigenvalue weighted by Crippen LogP contribution is -2.33. The van der Waals surface area contributed by atoms with Gasteiger partial charge < -0.3 is 14.4 Å². The van der Waals surface area contributed by atoms with Crippen LogP contribution in [0.25, 0.3) is 0 Å². The largest absolute Gasteiger partial charge is 0.550 e. The third kappa shape index (κ3) is 12.9. The molecule has 0 N–H and O–H groups in total. The molecule has 0 amide bonds. The zero-order chi connectivity index (χ0) is 14.7. The van der Waals surface area contributed by atoms with Gasteiger partial charge in [0.25, 0.3) is 0 Å². The van der Waals surface area contributed by atoms with E-state index in [2.05, 4.69) is 51.5 Å². The van der Waals surface area contributed by atoms with Crippen molar-refractivity contribution in [2.24, 2.45) is 0 Å². The summed E-state index contributed by atoms with van der Waals surface area (Å²) in [5.74, 6) is -0.932. The van der Waals surface area contributed by atoms with Gasteiger partial charge in [0, 0.05) is 11.5 Å². The minimum absolute atomic E-state index is 0.216. The molecule has 1 rings (SSSR count). The highest BCUT2D eigenvalue weighted by molar-refractivity contribution is 5.63. The third-order valence-corrected chi connectivity index (χ3v) is 2.48. The monoisotopic (exact) mass is 265 g/mol. The third-order valence-electron chi connectivity index (χ3n) is 2.48. The van der Waals surface area contributed by atoms with Crippen LogP contribution in [0.4, 0.5) is 0 Å². The van der Waals surface area contributed by atoms with E-state index in [9.17, 15) is 9.90 Å². The fraction of sp³-hybridized carbons (Fsp3) is 0.562. The normalized spacial score (nSPS) is 10.5. The lowest BCUT2D eigenvalue weighted by atomic mass is 10.2. The number of carbonyl (C=O) groups excluding carboxylic acids is 1. The van der Waals surface area contributed by atoms with Crippen molar-refractivity contribution in [1.82, 2.24) is 0 Å². The van der Waals surface area contributed by atoms with E-state index in [0.717, 1.165) is 30.3 Å². The van der Waals surface area contributed by atoms with Crippen LogP contribution in [-0.4, -0.2) is 31.6 Å². The molecule has 0 radical (unpaired) electrons. The van der Waals surface area contributed by atoms with Crippen LogP contribution >= 0.6 is 0 Å². The second-order valence-corrected chi connectivity index (χ2v) is 5.76. The number of quaternary nitrogens is 1. The van der Waals surface area contributed by atoms with Crippen LogP contribution in [0, 0.1) is 0 Å². The Morgan fingerprint density at radius 3 is 2.11 bits per heavy atom. The highest BCUT2D eigenvalue weighted by Crippen LogP contribution is 2.05. The van der Waals surface area contributed by atoms with Gasteiger partial charge in [-0.2, -0.15) is 0 Å². The van der Waals surface area contributed by atoms with Gasteiger partial charge in [-0.25, -0.2) is 0 Å². The van der Waals surface area contributed by atoms with Crippen molar-refractivity contribution in [3.8, 4) is 0 Å². The van der Waals surface area contributed by atoms with Crippen LogP contribution in [0.3, 0.4) is 0 Å². The van der Waals surface area contributed by atoms with E-state index in [-0.39, 0.29) is 6.42 Å². The predicted molar refractivity (Wildman–Crippen MR) is 77.3 cm³/mol. The number of rotatable bonds is 6. The molecule has 0 bridgehead atoms. The Kier molecular flexibility index (Phi) is 8.88. The van der Waals surface area contributed by atoms with E-state index in [0.29, 0.717) is 0 Å². The van der Waals surface area contributed by atoms with Gasteiger partial charge in [-0.3, -0.25) is 0 Å². The quantitative estimate of drug-likeness (QED) is 0.584. The Hall–Kier alpha value is -1.35. The number of hydrogen-bond acceptors (Lipinski definition) is 2. The van der Waals surface area contributed by atoms with Gasteiger partial charge in [0.1, 0.15) is 6.54 Å². The summed E-state index contributed by atoms with van der Waals surface area (Å²) in [4.78, 5) is 9.76. The molecule has 0 aliphatic heterocycles. The smallest absolute Gasteiger partial charge is 0.104 e. The van der Waals surface area contributed by atoms with E-state index in [1.807, 2.05) is 6.92 Å². The molecule has 0 saturated carbocycles. The number of carboxylic acid groups (broad SMARTS) is 1.